The molecular formula is C21H19BrO5. The predicted molar refractivity (Wildman–Crippen MR) is 107 cm³/mol. The SMILES string of the molecule is CCOC(=O)c1cc(Br)cc2c(=O)cc(-c3cccc(OC(C)C)c3)oc12. The quantitative estimate of drug-likeness (QED) is 0.521. The van der Waals surface area contributed by atoms with Crippen LogP contribution >= 0.6 is 15.9 Å². The highest BCUT2D eigenvalue weighted by Gasteiger charge is 2.18. The number of halogens is 1. The fraction of sp³-hybridized carbons (Fsp3) is 0.238. The third-order valence-corrected chi connectivity index (χ3v) is 4.24. The minimum Gasteiger partial charge on any atom is -0.491 e. The summed E-state index contributed by atoms with van der Waals surface area (Å²) >= 11 is 3.33. The van der Waals surface area contributed by atoms with E-state index >= 15 is 0 Å². The number of carbonyl (C=O) groups is 1. The fourth-order valence-corrected chi connectivity index (χ4v) is 3.18. The van der Waals surface area contributed by atoms with Crippen molar-refractivity contribution in [1.82, 2.24) is 0 Å². The average molecular weight is 431 g/mol. The van der Waals surface area contributed by atoms with E-state index in [2.05, 4.69) is 15.9 Å². The van der Waals surface area contributed by atoms with E-state index in [0.29, 0.717) is 26.9 Å². The van der Waals surface area contributed by atoms with Gasteiger partial charge in [-0.25, -0.2) is 4.79 Å². The molecule has 140 valence electrons. The van der Waals surface area contributed by atoms with Crippen LogP contribution in [0.4, 0.5) is 0 Å². The maximum absolute atomic E-state index is 12.7. The lowest BCUT2D eigenvalue weighted by atomic mass is 10.1. The number of rotatable bonds is 5. The first kappa shape index (κ1) is 19.2. The normalized spacial score (nSPS) is 11.0. The van der Waals surface area contributed by atoms with Crippen LogP contribution in [-0.4, -0.2) is 18.7 Å². The molecule has 0 atom stereocenters. The van der Waals surface area contributed by atoms with E-state index in [1.54, 1.807) is 25.1 Å². The van der Waals surface area contributed by atoms with Gasteiger partial charge in [0, 0.05) is 16.1 Å². The number of hydrogen-bond acceptors (Lipinski definition) is 5. The molecule has 0 aliphatic heterocycles. The van der Waals surface area contributed by atoms with Crippen molar-refractivity contribution >= 4 is 32.9 Å². The number of benzene rings is 2. The van der Waals surface area contributed by atoms with Crippen LogP contribution in [-0.2, 0) is 4.74 Å². The summed E-state index contributed by atoms with van der Waals surface area (Å²) in [4.78, 5) is 25.0. The summed E-state index contributed by atoms with van der Waals surface area (Å²) in [6.45, 7) is 5.82. The van der Waals surface area contributed by atoms with Crippen LogP contribution in [0.2, 0.25) is 0 Å². The molecule has 0 aliphatic rings. The molecule has 0 saturated carbocycles. The number of hydrogen-bond donors (Lipinski definition) is 0. The van der Waals surface area contributed by atoms with Gasteiger partial charge in [0.15, 0.2) is 11.0 Å². The number of esters is 1. The van der Waals surface area contributed by atoms with E-state index in [4.69, 9.17) is 13.9 Å². The van der Waals surface area contributed by atoms with Crippen molar-refractivity contribution in [1.29, 1.82) is 0 Å². The second-order valence-corrected chi connectivity index (χ2v) is 7.14. The van der Waals surface area contributed by atoms with E-state index < -0.39 is 5.97 Å². The first-order valence-electron chi connectivity index (χ1n) is 8.60. The van der Waals surface area contributed by atoms with Gasteiger partial charge in [-0.05, 0) is 45.0 Å². The smallest absolute Gasteiger partial charge is 0.341 e. The molecule has 0 amide bonds. The van der Waals surface area contributed by atoms with Gasteiger partial charge in [-0.1, -0.05) is 28.1 Å². The maximum atomic E-state index is 12.7. The zero-order valence-electron chi connectivity index (χ0n) is 15.2. The van der Waals surface area contributed by atoms with Crippen molar-refractivity contribution in [3.8, 4) is 17.1 Å². The molecule has 0 radical (unpaired) electrons. The van der Waals surface area contributed by atoms with Crippen molar-refractivity contribution < 1.29 is 18.7 Å². The van der Waals surface area contributed by atoms with Gasteiger partial charge in [0.1, 0.15) is 17.1 Å². The van der Waals surface area contributed by atoms with Gasteiger partial charge in [-0.15, -0.1) is 0 Å². The molecule has 0 fully saturated rings. The second-order valence-electron chi connectivity index (χ2n) is 6.22. The molecule has 27 heavy (non-hydrogen) atoms. The Kier molecular flexibility index (Phi) is 5.65. The van der Waals surface area contributed by atoms with Crippen LogP contribution in [0.25, 0.3) is 22.3 Å². The lowest BCUT2D eigenvalue weighted by Gasteiger charge is -2.11. The Morgan fingerprint density at radius 3 is 2.67 bits per heavy atom. The molecule has 3 aromatic rings. The van der Waals surface area contributed by atoms with Crippen molar-refractivity contribution in [3.05, 3.63) is 62.7 Å². The third-order valence-electron chi connectivity index (χ3n) is 3.78. The molecule has 3 rings (SSSR count). The molecule has 0 N–H and O–H groups in total. The molecule has 0 unspecified atom stereocenters. The first-order valence-corrected chi connectivity index (χ1v) is 9.40. The van der Waals surface area contributed by atoms with Gasteiger partial charge < -0.3 is 13.9 Å². The second kappa shape index (κ2) is 7.96. The van der Waals surface area contributed by atoms with Crippen LogP contribution in [0.3, 0.4) is 0 Å². The predicted octanol–water partition coefficient (Wildman–Crippen LogP) is 5.19. The Bertz CT molecular complexity index is 1050. The molecule has 0 saturated heterocycles. The van der Waals surface area contributed by atoms with Crippen molar-refractivity contribution in [2.45, 2.75) is 26.9 Å². The van der Waals surface area contributed by atoms with E-state index in [1.165, 1.54) is 6.07 Å². The highest BCUT2D eigenvalue weighted by atomic mass is 79.9. The molecular weight excluding hydrogens is 412 g/mol. The highest BCUT2D eigenvalue weighted by Crippen LogP contribution is 2.29. The minimum atomic E-state index is -0.541. The Morgan fingerprint density at radius 2 is 1.96 bits per heavy atom. The highest BCUT2D eigenvalue weighted by molar-refractivity contribution is 9.10. The van der Waals surface area contributed by atoms with Crippen molar-refractivity contribution in [3.63, 3.8) is 0 Å². The maximum Gasteiger partial charge on any atom is 0.341 e. The van der Waals surface area contributed by atoms with E-state index in [-0.39, 0.29) is 29.3 Å². The Morgan fingerprint density at radius 1 is 1.19 bits per heavy atom. The average Bonchev–Trinajstić information content (AvgIpc) is 2.61. The van der Waals surface area contributed by atoms with Gasteiger partial charge in [-0.3, -0.25) is 4.79 Å². The lowest BCUT2D eigenvalue weighted by molar-refractivity contribution is 0.0527. The van der Waals surface area contributed by atoms with Gasteiger partial charge >= 0.3 is 5.97 Å². The van der Waals surface area contributed by atoms with E-state index in [1.807, 2.05) is 32.0 Å². The summed E-state index contributed by atoms with van der Waals surface area (Å²) < 4.78 is 17.4. The molecule has 2 aromatic carbocycles. The van der Waals surface area contributed by atoms with Crippen molar-refractivity contribution in [2.75, 3.05) is 6.61 Å². The lowest BCUT2D eigenvalue weighted by Crippen LogP contribution is -2.09. The molecule has 5 nitrogen and oxygen atoms in total. The van der Waals surface area contributed by atoms with E-state index in [9.17, 15) is 9.59 Å². The monoisotopic (exact) mass is 430 g/mol. The van der Waals surface area contributed by atoms with Crippen LogP contribution in [0.5, 0.6) is 5.75 Å². The topological polar surface area (TPSA) is 65.7 Å². The summed E-state index contributed by atoms with van der Waals surface area (Å²) in [6.07, 6.45) is 0.0247. The molecule has 1 heterocycles. The largest absolute Gasteiger partial charge is 0.491 e. The molecule has 0 spiro atoms. The van der Waals surface area contributed by atoms with Gasteiger partial charge in [0.05, 0.1) is 18.1 Å². The zero-order valence-corrected chi connectivity index (χ0v) is 16.8. The summed E-state index contributed by atoms with van der Waals surface area (Å²) in [6, 6.07) is 11.9. The zero-order chi connectivity index (χ0) is 19.6. The van der Waals surface area contributed by atoms with Crippen LogP contribution in [0, 0.1) is 0 Å². The Hall–Kier alpha value is -2.60. The molecule has 1 aromatic heterocycles. The first-order chi connectivity index (χ1) is 12.9. The van der Waals surface area contributed by atoms with Crippen LogP contribution < -0.4 is 10.2 Å². The number of carbonyl (C=O) groups excluding carboxylic acids is 1. The van der Waals surface area contributed by atoms with Crippen LogP contribution in [0.1, 0.15) is 31.1 Å². The standard InChI is InChI=1S/C21H19BrO5/c1-4-25-21(24)17-10-14(22)9-16-18(23)11-19(27-20(16)17)13-6-5-7-15(8-13)26-12(2)3/h5-12H,4H2,1-3H3. The number of ether oxygens (including phenoxy) is 2. The minimum absolute atomic E-state index is 0.0247. The van der Waals surface area contributed by atoms with Crippen LogP contribution in [0.15, 0.2) is 56.1 Å². The van der Waals surface area contributed by atoms with Crippen molar-refractivity contribution in [2.24, 2.45) is 0 Å². The summed E-state index contributed by atoms with van der Waals surface area (Å²) in [5.41, 5.74) is 0.849. The van der Waals surface area contributed by atoms with E-state index in [0.717, 1.165) is 0 Å². The summed E-state index contributed by atoms with van der Waals surface area (Å²) in [7, 11) is 0. The molecule has 6 heteroatoms. The number of fused-ring (bicyclic) bond motifs is 1. The molecule has 0 aliphatic carbocycles. The summed E-state index contributed by atoms with van der Waals surface area (Å²) in [5.74, 6) is 0.488. The third kappa shape index (κ3) is 4.22. The van der Waals surface area contributed by atoms with Gasteiger partial charge in [0.2, 0.25) is 0 Å². The fourth-order valence-electron chi connectivity index (χ4n) is 2.72. The van der Waals surface area contributed by atoms with Gasteiger partial charge in [0.25, 0.3) is 0 Å². The Labute approximate surface area is 165 Å². The molecule has 0 bridgehead atoms. The Balaban J connectivity index is 2.19. The summed E-state index contributed by atoms with van der Waals surface area (Å²) in [5, 5.41) is 0.311. The van der Waals surface area contributed by atoms with Gasteiger partial charge in [-0.2, -0.15) is 0 Å².